The molecule has 2 aliphatic rings. The van der Waals surface area contributed by atoms with Crippen molar-refractivity contribution in [1.82, 2.24) is 10.2 Å². The van der Waals surface area contributed by atoms with Crippen molar-refractivity contribution in [2.75, 3.05) is 19.8 Å². The normalized spacial score (nSPS) is 29.4. The van der Waals surface area contributed by atoms with Crippen molar-refractivity contribution < 1.29 is 9.53 Å². The van der Waals surface area contributed by atoms with Crippen molar-refractivity contribution in [3.63, 3.8) is 0 Å². The Morgan fingerprint density at radius 1 is 1.29 bits per heavy atom. The molecule has 0 radical (unpaired) electrons. The van der Waals surface area contributed by atoms with E-state index < -0.39 is 0 Å². The summed E-state index contributed by atoms with van der Waals surface area (Å²) in [5.74, 6) is 1.94. The molecule has 4 heteroatoms. The van der Waals surface area contributed by atoms with Crippen molar-refractivity contribution in [2.24, 2.45) is 17.8 Å². The van der Waals surface area contributed by atoms with Gasteiger partial charge in [0.2, 0.25) is 5.91 Å². The van der Waals surface area contributed by atoms with E-state index in [0.29, 0.717) is 23.7 Å². The Morgan fingerprint density at radius 2 is 1.95 bits per heavy atom. The van der Waals surface area contributed by atoms with Crippen LogP contribution in [0.1, 0.15) is 53.4 Å². The summed E-state index contributed by atoms with van der Waals surface area (Å²) in [5.41, 5.74) is 0. The highest BCUT2D eigenvalue weighted by Gasteiger charge is 2.41. The maximum atomic E-state index is 12.8. The maximum absolute atomic E-state index is 12.8. The molecule has 4 nitrogen and oxygen atoms in total. The molecule has 0 aromatic heterocycles. The molecule has 0 saturated carbocycles. The minimum Gasteiger partial charge on any atom is -0.381 e. The van der Waals surface area contributed by atoms with Crippen LogP contribution in [0.3, 0.4) is 0 Å². The molecular weight excluding hydrogens is 264 g/mol. The van der Waals surface area contributed by atoms with Crippen LogP contribution in [0, 0.1) is 17.8 Å². The van der Waals surface area contributed by atoms with Gasteiger partial charge in [-0.1, -0.05) is 34.1 Å². The molecule has 2 heterocycles. The van der Waals surface area contributed by atoms with Gasteiger partial charge >= 0.3 is 0 Å². The lowest BCUT2D eigenvalue weighted by molar-refractivity contribution is -0.132. The fourth-order valence-corrected chi connectivity index (χ4v) is 3.41. The van der Waals surface area contributed by atoms with Gasteiger partial charge in [0.1, 0.15) is 0 Å². The molecule has 0 spiro atoms. The lowest BCUT2D eigenvalue weighted by Gasteiger charge is -2.31. The van der Waals surface area contributed by atoms with Crippen molar-refractivity contribution in [1.29, 1.82) is 0 Å². The predicted molar refractivity (Wildman–Crippen MR) is 84.9 cm³/mol. The number of carbonyl (C=O) groups excluding carboxylic acids is 1. The summed E-state index contributed by atoms with van der Waals surface area (Å²) in [5, 5.41) is 3.61. The molecule has 2 rings (SSSR count). The van der Waals surface area contributed by atoms with Gasteiger partial charge in [-0.3, -0.25) is 10.1 Å². The van der Waals surface area contributed by atoms with E-state index in [1.807, 2.05) is 0 Å². The third-order valence-corrected chi connectivity index (χ3v) is 5.00. The van der Waals surface area contributed by atoms with Gasteiger partial charge < -0.3 is 9.64 Å². The molecule has 0 aliphatic carbocycles. The minimum absolute atomic E-state index is 0.0126. The van der Waals surface area contributed by atoms with E-state index in [2.05, 4.69) is 37.9 Å². The van der Waals surface area contributed by atoms with Crippen LogP contribution in [0.4, 0.5) is 0 Å². The highest BCUT2D eigenvalue weighted by atomic mass is 16.5. The zero-order chi connectivity index (χ0) is 15.4. The van der Waals surface area contributed by atoms with E-state index in [4.69, 9.17) is 4.74 Å². The largest absolute Gasteiger partial charge is 0.381 e. The predicted octanol–water partition coefficient (Wildman–Crippen LogP) is 2.63. The minimum atomic E-state index is 0.0126. The van der Waals surface area contributed by atoms with Crippen LogP contribution in [0.15, 0.2) is 0 Å². The number of nitrogens with zero attached hydrogens (tertiary/aromatic N) is 1. The monoisotopic (exact) mass is 296 g/mol. The molecule has 3 unspecified atom stereocenters. The Bertz CT molecular complexity index is 340. The molecule has 0 aromatic rings. The number of hydrogen-bond acceptors (Lipinski definition) is 3. The molecular formula is C17H32N2O2. The zero-order valence-corrected chi connectivity index (χ0v) is 14.1. The smallest absolute Gasteiger partial charge is 0.241 e. The van der Waals surface area contributed by atoms with E-state index >= 15 is 0 Å². The molecule has 1 amide bonds. The Kier molecular flexibility index (Phi) is 6.06. The number of carbonyl (C=O) groups is 1. The lowest BCUT2D eigenvalue weighted by Crippen LogP contribution is -2.42. The number of amides is 1. The lowest BCUT2D eigenvalue weighted by atomic mass is 9.97. The zero-order valence-electron chi connectivity index (χ0n) is 14.1. The number of nitrogens with one attached hydrogen (secondary N) is 1. The summed E-state index contributed by atoms with van der Waals surface area (Å²) in [6.07, 6.45) is 4.49. The first-order valence-electron chi connectivity index (χ1n) is 8.67. The van der Waals surface area contributed by atoms with E-state index in [0.717, 1.165) is 45.4 Å². The summed E-state index contributed by atoms with van der Waals surface area (Å²) in [6.45, 7) is 11.4. The summed E-state index contributed by atoms with van der Waals surface area (Å²) >= 11 is 0. The van der Waals surface area contributed by atoms with Crippen LogP contribution in [-0.2, 0) is 9.53 Å². The van der Waals surface area contributed by atoms with Crippen molar-refractivity contribution in [2.45, 2.75) is 65.6 Å². The number of hydrogen-bond donors (Lipinski definition) is 1. The molecule has 2 aliphatic heterocycles. The summed E-state index contributed by atoms with van der Waals surface area (Å²) in [4.78, 5) is 14.9. The van der Waals surface area contributed by atoms with Crippen LogP contribution >= 0.6 is 0 Å². The summed E-state index contributed by atoms with van der Waals surface area (Å²) in [6, 6.07) is 0.0126. The van der Waals surface area contributed by atoms with Gasteiger partial charge in [0.05, 0.1) is 12.2 Å². The van der Waals surface area contributed by atoms with Crippen molar-refractivity contribution >= 4 is 5.91 Å². The molecule has 0 aromatic carbocycles. The molecule has 1 N–H and O–H groups in total. The average Bonchev–Trinajstić information content (AvgIpc) is 2.76. The fourth-order valence-electron chi connectivity index (χ4n) is 3.41. The Hall–Kier alpha value is -0.610. The first-order chi connectivity index (χ1) is 10.0. The molecule has 21 heavy (non-hydrogen) atoms. The Morgan fingerprint density at radius 3 is 2.52 bits per heavy atom. The first kappa shape index (κ1) is 16.8. The molecule has 2 saturated heterocycles. The van der Waals surface area contributed by atoms with Crippen LogP contribution < -0.4 is 5.32 Å². The van der Waals surface area contributed by atoms with Crippen LogP contribution in [0.25, 0.3) is 0 Å². The van der Waals surface area contributed by atoms with Crippen LogP contribution in [0.2, 0.25) is 0 Å². The SMILES string of the molecule is CCC(C)C1NC(CC(C)C)N(CC2CCOCC2)C1=O. The Balaban J connectivity index is 2.03. The van der Waals surface area contributed by atoms with Gasteiger partial charge in [-0.2, -0.15) is 0 Å². The highest BCUT2D eigenvalue weighted by Crippen LogP contribution is 2.26. The van der Waals surface area contributed by atoms with E-state index in [9.17, 15) is 4.79 Å². The van der Waals surface area contributed by atoms with Crippen molar-refractivity contribution in [3.05, 3.63) is 0 Å². The summed E-state index contributed by atoms with van der Waals surface area (Å²) in [7, 11) is 0. The van der Waals surface area contributed by atoms with E-state index in [1.54, 1.807) is 0 Å². The van der Waals surface area contributed by atoms with Gasteiger partial charge in [-0.25, -0.2) is 0 Å². The van der Waals surface area contributed by atoms with Gasteiger partial charge in [0, 0.05) is 19.8 Å². The molecule has 3 atom stereocenters. The van der Waals surface area contributed by atoms with Crippen LogP contribution in [0.5, 0.6) is 0 Å². The van der Waals surface area contributed by atoms with Gasteiger partial charge in [0.15, 0.2) is 0 Å². The van der Waals surface area contributed by atoms with E-state index in [1.165, 1.54) is 0 Å². The van der Waals surface area contributed by atoms with Crippen LogP contribution in [-0.4, -0.2) is 42.8 Å². The molecule has 122 valence electrons. The standard InChI is InChI=1S/C17H32N2O2/c1-5-13(4)16-17(20)19(15(18-16)10-12(2)3)11-14-6-8-21-9-7-14/h12-16,18H,5-11H2,1-4H3. The topological polar surface area (TPSA) is 41.6 Å². The second-order valence-corrected chi connectivity index (χ2v) is 7.22. The van der Waals surface area contributed by atoms with Gasteiger partial charge in [-0.05, 0) is 37.0 Å². The highest BCUT2D eigenvalue weighted by molar-refractivity contribution is 5.84. The van der Waals surface area contributed by atoms with Crippen molar-refractivity contribution in [3.8, 4) is 0 Å². The second kappa shape index (κ2) is 7.59. The second-order valence-electron chi connectivity index (χ2n) is 7.22. The van der Waals surface area contributed by atoms with Gasteiger partial charge in [0.25, 0.3) is 0 Å². The first-order valence-corrected chi connectivity index (χ1v) is 8.67. The van der Waals surface area contributed by atoms with E-state index in [-0.39, 0.29) is 12.2 Å². The fraction of sp³-hybridized carbons (Fsp3) is 0.941. The average molecular weight is 296 g/mol. The number of ether oxygens (including phenoxy) is 1. The molecule has 2 fully saturated rings. The summed E-state index contributed by atoms with van der Waals surface area (Å²) < 4.78 is 5.44. The number of rotatable bonds is 6. The third-order valence-electron chi connectivity index (χ3n) is 5.00. The Labute approximate surface area is 129 Å². The third kappa shape index (κ3) is 4.19. The molecule has 0 bridgehead atoms. The quantitative estimate of drug-likeness (QED) is 0.819. The maximum Gasteiger partial charge on any atom is 0.241 e. The van der Waals surface area contributed by atoms with Gasteiger partial charge in [-0.15, -0.1) is 0 Å².